The number of para-hydroxylation sites is 2. The van der Waals surface area contributed by atoms with Gasteiger partial charge in [-0.05, 0) is 44.7 Å². The Morgan fingerprint density at radius 1 is 1.26 bits per heavy atom. The second-order valence-corrected chi connectivity index (χ2v) is 5.60. The molecule has 3 rings (SSSR count). The minimum atomic E-state index is 0.386. The molecular weight excluding hydrogens is 234 g/mol. The molecular formula is C16H23N3. The molecule has 1 fully saturated rings. The number of nitrogens with one attached hydrogen (secondary N) is 1. The zero-order chi connectivity index (χ0) is 13.3. The van der Waals surface area contributed by atoms with Crippen molar-refractivity contribution >= 4 is 11.0 Å². The van der Waals surface area contributed by atoms with E-state index in [2.05, 4.69) is 48.0 Å². The van der Waals surface area contributed by atoms with Gasteiger partial charge in [0.2, 0.25) is 0 Å². The van der Waals surface area contributed by atoms with Crippen molar-refractivity contribution in [1.82, 2.24) is 14.9 Å². The van der Waals surface area contributed by atoms with Crippen LogP contribution in [0.5, 0.6) is 0 Å². The van der Waals surface area contributed by atoms with Crippen LogP contribution < -0.4 is 5.32 Å². The number of benzene rings is 1. The summed E-state index contributed by atoms with van der Waals surface area (Å²) in [6.45, 7) is 6.35. The third kappa shape index (κ3) is 2.16. The van der Waals surface area contributed by atoms with Crippen LogP contribution in [0, 0.1) is 0 Å². The van der Waals surface area contributed by atoms with Gasteiger partial charge in [-0.3, -0.25) is 0 Å². The van der Waals surface area contributed by atoms with Crippen molar-refractivity contribution in [2.24, 2.45) is 0 Å². The predicted octanol–water partition coefficient (Wildman–Crippen LogP) is 3.48. The lowest BCUT2D eigenvalue weighted by Gasteiger charge is -2.42. The standard InChI is InChI=1S/C16H23N3/c1-3-16(10-7-11-16)17-12-15-18-13-8-5-6-9-14(13)19(15)4-2/h5-6,8-9,17H,3-4,7,10-12H2,1-2H3. The van der Waals surface area contributed by atoms with Crippen molar-refractivity contribution in [1.29, 1.82) is 0 Å². The molecule has 0 unspecified atom stereocenters. The van der Waals surface area contributed by atoms with Crippen LogP contribution in [0.15, 0.2) is 24.3 Å². The van der Waals surface area contributed by atoms with Gasteiger partial charge >= 0.3 is 0 Å². The molecule has 1 N–H and O–H groups in total. The molecule has 0 amide bonds. The van der Waals surface area contributed by atoms with Crippen molar-refractivity contribution in [2.45, 2.75) is 58.2 Å². The summed E-state index contributed by atoms with van der Waals surface area (Å²) in [5.41, 5.74) is 2.75. The molecule has 3 heteroatoms. The van der Waals surface area contributed by atoms with Crippen LogP contribution in [0.3, 0.4) is 0 Å². The Balaban J connectivity index is 1.84. The molecule has 1 aromatic heterocycles. The molecule has 0 atom stereocenters. The molecule has 0 bridgehead atoms. The molecule has 1 saturated carbocycles. The number of nitrogens with zero attached hydrogens (tertiary/aromatic N) is 2. The molecule has 1 heterocycles. The number of aryl methyl sites for hydroxylation is 1. The maximum atomic E-state index is 4.78. The second kappa shape index (κ2) is 4.97. The van der Waals surface area contributed by atoms with Gasteiger partial charge in [-0.1, -0.05) is 19.1 Å². The van der Waals surface area contributed by atoms with Gasteiger partial charge in [-0.2, -0.15) is 0 Å². The first-order valence-electron chi connectivity index (χ1n) is 7.47. The molecule has 0 radical (unpaired) electrons. The molecule has 3 nitrogen and oxygen atoms in total. The van der Waals surface area contributed by atoms with Gasteiger partial charge < -0.3 is 9.88 Å². The number of hydrogen-bond donors (Lipinski definition) is 1. The molecule has 0 aliphatic heterocycles. The van der Waals surface area contributed by atoms with Gasteiger partial charge in [-0.25, -0.2) is 4.98 Å². The smallest absolute Gasteiger partial charge is 0.123 e. The van der Waals surface area contributed by atoms with Crippen LogP contribution >= 0.6 is 0 Å². The van der Waals surface area contributed by atoms with E-state index in [1.165, 1.54) is 37.0 Å². The van der Waals surface area contributed by atoms with Crippen LogP contribution in [-0.4, -0.2) is 15.1 Å². The Morgan fingerprint density at radius 3 is 2.68 bits per heavy atom. The van der Waals surface area contributed by atoms with Gasteiger partial charge in [0.1, 0.15) is 5.82 Å². The van der Waals surface area contributed by atoms with Crippen molar-refractivity contribution in [3.63, 3.8) is 0 Å². The van der Waals surface area contributed by atoms with Gasteiger partial charge in [-0.15, -0.1) is 0 Å². The zero-order valence-electron chi connectivity index (χ0n) is 11.9. The fraction of sp³-hybridized carbons (Fsp3) is 0.562. The summed E-state index contributed by atoms with van der Waals surface area (Å²) < 4.78 is 2.32. The maximum Gasteiger partial charge on any atom is 0.123 e. The first-order chi connectivity index (χ1) is 9.28. The van der Waals surface area contributed by atoms with E-state index in [1.807, 2.05) is 0 Å². The second-order valence-electron chi connectivity index (χ2n) is 5.60. The Bertz CT molecular complexity index is 561. The highest BCUT2D eigenvalue weighted by Crippen LogP contribution is 2.34. The fourth-order valence-electron chi connectivity index (χ4n) is 3.14. The third-order valence-electron chi connectivity index (χ3n) is 4.66. The zero-order valence-corrected chi connectivity index (χ0v) is 11.9. The highest BCUT2D eigenvalue weighted by atomic mass is 15.1. The number of hydrogen-bond acceptors (Lipinski definition) is 2. The van der Waals surface area contributed by atoms with Gasteiger partial charge in [0, 0.05) is 12.1 Å². The summed E-state index contributed by atoms with van der Waals surface area (Å²) in [7, 11) is 0. The summed E-state index contributed by atoms with van der Waals surface area (Å²) in [6.07, 6.45) is 5.22. The summed E-state index contributed by atoms with van der Waals surface area (Å²) in [6, 6.07) is 8.41. The Morgan fingerprint density at radius 2 is 2.05 bits per heavy atom. The van der Waals surface area contributed by atoms with E-state index in [1.54, 1.807) is 0 Å². The quantitative estimate of drug-likeness (QED) is 0.888. The summed E-state index contributed by atoms with van der Waals surface area (Å²) in [4.78, 5) is 4.78. The number of aromatic nitrogens is 2. The van der Waals surface area contributed by atoms with Crippen molar-refractivity contribution in [3.8, 4) is 0 Å². The van der Waals surface area contributed by atoms with E-state index in [0.717, 1.165) is 18.6 Å². The van der Waals surface area contributed by atoms with Crippen LogP contribution in [0.4, 0.5) is 0 Å². The SMILES string of the molecule is CCn1c(CNC2(CC)CCC2)nc2ccccc21. The van der Waals surface area contributed by atoms with Crippen molar-refractivity contribution < 1.29 is 0 Å². The Hall–Kier alpha value is -1.35. The first kappa shape index (κ1) is 12.7. The molecule has 2 aromatic rings. The molecule has 102 valence electrons. The fourth-order valence-corrected chi connectivity index (χ4v) is 3.14. The van der Waals surface area contributed by atoms with Crippen LogP contribution in [0.1, 0.15) is 45.4 Å². The number of imidazole rings is 1. The summed E-state index contributed by atoms with van der Waals surface area (Å²) in [5.74, 6) is 1.17. The third-order valence-corrected chi connectivity index (χ3v) is 4.66. The topological polar surface area (TPSA) is 29.9 Å². The van der Waals surface area contributed by atoms with Crippen LogP contribution in [-0.2, 0) is 13.1 Å². The normalized spacial score (nSPS) is 17.6. The Labute approximate surface area is 115 Å². The van der Waals surface area contributed by atoms with E-state index < -0.39 is 0 Å². The van der Waals surface area contributed by atoms with Crippen LogP contribution in [0.25, 0.3) is 11.0 Å². The lowest BCUT2D eigenvalue weighted by atomic mass is 9.75. The monoisotopic (exact) mass is 257 g/mol. The van der Waals surface area contributed by atoms with E-state index >= 15 is 0 Å². The minimum absolute atomic E-state index is 0.386. The predicted molar refractivity (Wildman–Crippen MR) is 79.1 cm³/mol. The lowest BCUT2D eigenvalue weighted by molar-refractivity contribution is 0.173. The van der Waals surface area contributed by atoms with E-state index in [-0.39, 0.29) is 0 Å². The number of fused-ring (bicyclic) bond motifs is 1. The number of rotatable bonds is 5. The highest BCUT2D eigenvalue weighted by molar-refractivity contribution is 5.75. The van der Waals surface area contributed by atoms with Gasteiger partial charge in [0.15, 0.2) is 0 Å². The largest absolute Gasteiger partial charge is 0.327 e. The van der Waals surface area contributed by atoms with Crippen LogP contribution in [0.2, 0.25) is 0 Å². The lowest BCUT2D eigenvalue weighted by Crippen LogP contribution is -2.50. The average molecular weight is 257 g/mol. The first-order valence-corrected chi connectivity index (χ1v) is 7.47. The Kier molecular flexibility index (Phi) is 3.31. The van der Waals surface area contributed by atoms with E-state index in [0.29, 0.717) is 5.54 Å². The van der Waals surface area contributed by atoms with Crippen molar-refractivity contribution in [3.05, 3.63) is 30.1 Å². The van der Waals surface area contributed by atoms with E-state index in [9.17, 15) is 0 Å². The maximum absolute atomic E-state index is 4.78. The van der Waals surface area contributed by atoms with Gasteiger partial charge in [0.25, 0.3) is 0 Å². The summed E-state index contributed by atoms with van der Waals surface area (Å²) >= 11 is 0. The van der Waals surface area contributed by atoms with Gasteiger partial charge in [0.05, 0.1) is 17.6 Å². The molecule has 1 aliphatic rings. The summed E-state index contributed by atoms with van der Waals surface area (Å²) in [5, 5.41) is 3.75. The molecule has 1 aliphatic carbocycles. The highest BCUT2D eigenvalue weighted by Gasteiger charge is 2.34. The molecule has 19 heavy (non-hydrogen) atoms. The average Bonchev–Trinajstić information content (AvgIpc) is 2.75. The molecule has 0 spiro atoms. The molecule has 0 saturated heterocycles. The van der Waals surface area contributed by atoms with E-state index in [4.69, 9.17) is 4.98 Å². The molecule has 1 aromatic carbocycles. The minimum Gasteiger partial charge on any atom is -0.327 e. The van der Waals surface area contributed by atoms with Crippen molar-refractivity contribution in [2.75, 3.05) is 0 Å².